The second kappa shape index (κ2) is 3.95. The highest BCUT2D eigenvalue weighted by Gasteiger charge is 2.11. The first kappa shape index (κ1) is 10.3. The molecule has 0 aliphatic carbocycles. The largest absolute Gasteiger partial charge is 0.504 e. The van der Waals surface area contributed by atoms with E-state index in [1.54, 1.807) is 0 Å². The number of hydrogen-bond acceptors (Lipinski definition) is 3. The maximum atomic E-state index is 13.0. The van der Waals surface area contributed by atoms with Crippen LogP contribution >= 0.6 is 0 Å². The van der Waals surface area contributed by atoms with Crippen LogP contribution in [-0.4, -0.2) is 23.3 Å². The molecule has 2 N–H and O–H groups in total. The molecule has 5 heteroatoms. The summed E-state index contributed by atoms with van der Waals surface area (Å²) in [6, 6.07) is 2.00. The van der Waals surface area contributed by atoms with E-state index < -0.39 is 18.2 Å². The minimum Gasteiger partial charge on any atom is -0.504 e. The number of phenolic OH excluding ortho intramolecular Hbond substituents is 1. The van der Waals surface area contributed by atoms with Crippen LogP contribution in [-0.2, 0) is 11.2 Å². The van der Waals surface area contributed by atoms with Crippen LogP contribution in [0.1, 0.15) is 5.56 Å². The monoisotopic (exact) mass is 199 g/mol. The van der Waals surface area contributed by atoms with Gasteiger partial charge in [-0.2, -0.15) is 0 Å². The van der Waals surface area contributed by atoms with Crippen molar-refractivity contribution in [1.82, 2.24) is 0 Å². The molecule has 0 aliphatic heterocycles. The van der Waals surface area contributed by atoms with Crippen LogP contribution in [0.25, 0.3) is 0 Å². The second-order valence-corrected chi connectivity index (χ2v) is 2.69. The van der Waals surface area contributed by atoms with E-state index in [2.05, 4.69) is 0 Å². The van der Waals surface area contributed by atoms with Crippen LogP contribution in [0.2, 0.25) is 0 Å². The van der Waals surface area contributed by atoms with Crippen molar-refractivity contribution in [3.8, 4) is 11.5 Å². The Morgan fingerprint density at radius 1 is 1.57 bits per heavy atom. The first-order valence-electron chi connectivity index (χ1n) is 3.81. The minimum atomic E-state index is -1.14. The lowest BCUT2D eigenvalue weighted by atomic mass is 10.1. The number of carbonyl (C=O) groups is 1. The van der Waals surface area contributed by atoms with Crippen LogP contribution in [0, 0.1) is 5.82 Å². The molecule has 0 heterocycles. The maximum absolute atomic E-state index is 13.0. The van der Waals surface area contributed by atoms with Gasteiger partial charge in [0, 0.05) is 11.6 Å². The Morgan fingerprint density at radius 3 is 2.71 bits per heavy atom. The highest BCUT2D eigenvalue weighted by Crippen LogP contribution is 2.28. The summed E-state index contributed by atoms with van der Waals surface area (Å²) in [5.41, 5.74) is -0.0212. The van der Waals surface area contributed by atoms with Gasteiger partial charge in [0.2, 0.25) is 0 Å². The van der Waals surface area contributed by atoms with Gasteiger partial charge in [0.1, 0.15) is 5.82 Å². The van der Waals surface area contributed by atoms with E-state index >= 15 is 0 Å². The zero-order valence-electron chi connectivity index (χ0n) is 7.45. The summed E-state index contributed by atoms with van der Waals surface area (Å²) >= 11 is 0. The van der Waals surface area contributed by atoms with E-state index in [1.165, 1.54) is 13.2 Å². The number of aliphatic carboxylic acids is 1. The molecule has 0 amide bonds. The van der Waals surface area contributed by atoms with Gasteiger partial charge in [-0.3, -0.25) is 4.79 Å². The van der Waals surface area contributed by atoms with Crippen molar-refractivity contribution >= 4 is 5.97 Å². The zero-order valence-corrected chi connectivity index (χ0v) is 7.45. The molecule has 0 saturated carbocycles. The van der Waals surface area contributed by atoms with Crippen LogP contribution in [0.3, 0.4) is 0 Å². The highest BCUT2D eigenvalue weighted by atomic mass is 18.2. The number of benzene rings is 1. The summed E-state index contributed by atoms with van der Waals surface area (Å²) < 4.78 is 17.8. The van der Waals surface area contributed by atoms with Gasteiger partial charge in [0.25, 0.3) is 0 Å². The lowest BCUT2D eigenvalue weighted by Gasteiger charge is -2.06. The quantitative estimate of drug-likeness (QED) is 0.766. The van der Waals surface area contributed by atoms with E-state index in [9.17, 15) is 9.18 Å². The fraction of sp³-hybridized carbons (Fsp3) is 0.222. The summed E-state index contributed by atoms with van der Waals surface area (Å²) in [6.07, 6.45) is -0.442. The van der Waals surface area contributed by atoms with Crippen LogP contribution in [0.4, 0.5) is 4.39 Å². The van der Waals surface area contributed by atoms with Gasteiger partial charge in [-0.1, -0.05) is 0 Å². The maximum Gasteiger partial charge on any atom is 0.307 e. The fourth-order valence-electron chi connectivity index (χ4n) is 1.05. The number of carboxylic acid groups (broad SMARTS) is 1. The predicted molar refractivity (Wildman–Crippen MR) is 46.0 cm³/mol. The number of rotatable bonds is 3. The molecular formula is C9H9FO4. The Labute approximate surface area is 79.6 Å². The Hall–Kier alpha value is -1.78. The van der Waals surface area contributed by atoms with Crippen molar-refractivity contribution < 1.29 is 24.1 Å². The molecule has 1 rings (SSSR count). The predicted octanol–water partition coefficient (Wildman–Crippen LogP) is 1.17. The van der Waals surface area contributed by atoms with Crippen molar-refractivity contribution in [2.24, 2.45) is 0 Å². The van der Waals surface area contributed by atoms with E-state index in [0.717, 1.165) is 6.07 Å². The fourth-order valence-corrected chi connectivity index (χ4v) is 1.05. The number of ether oxygens (including phenoxy) is 1. The molecule has 0 aliphatic rings. The number of halogens is 1. The van der Waals surface area contributed by atoms with Gasteiger partial charge >= 0.3 is 5.97 Å². The lowest BCUT2D eigenvalue weighted by molar-refractivity contribution is -0.136. The molecule has 1 aromatic carbocycles. The molecule has 0 fully saturated rings. The number of carboxylic acids is 1. The minimum absolute atomic E-state index is 0.0212. The molecular weight excluding hydrogens is 190 g/mol. The van der Waals surface area contributed by atoms with Crippen molar-refractivity contribution in [2.75, 3.05) is 7.11 Å². The first-order valence-corrected chi connectivity index (χ1v) is 3.81. The van der Waals surface area contributed by atoms with Crippen molar-refractivity contribution in [3.05, 3.63) is 23.5 Å². The number of hydrogen-bond donors (Lipinski definition) is 2. The molecule has 0 saturated heterocycles. The second-order valence-electron chi connectivity index (χ2n) is 2.69. The van der Waals surface area contributed by atoms with Crippen LogP contribution in [0.5, 0.6) is 11.5 Å². The van der Waals surface area contributed by atoms with E-state index in [-0.39, 0.29) is 17.1 Å². The Morgan fingerprint density at radius 2 is 2.21 bits per heavy atom. The molecule has 0 unspecified atom stereocenters. The van der Waals surface area contributed by atoms with Crippen molar-refractivity contribution in [3.63, 3.8) is 0 Å². The van der Waals surface area contributed by atoms with Crippen molar-refractivity contribution in [2.45, 2.75) is 6.42 Å². The van der Waals surface area contributed by atoms with Gasteiger partial charge < -0.3 is 14.9 Å². The SMILES string of the molecule is COc1cc(CC(=O)O)c([18F])cc1O. The summed E-state index contributed by atoms with van der Waals surface area (Å²) in [5, 5.41) is 17.6. The molecule has 0 spiro atoms. The van der Waals surface area contributed by atoms with Gasteiger partial charge in [0.05, 0.1) is 13.5 Å². The number of methoxy groups -OCH3 is 1. The Bertz CT molecular complexity index is 362. The number of aromatic hydroxyl groups is 1. The molecule has 0 radical (unpaired) electrons. The van der Waals surface area contributed by atoms with Crippen molar-refractivity contribution in [1.29, 1.82) is 0 Å². The molecule has 4 nitrogen and oxygen atoms in total. The normalized spacial score (nSPS) is 9.86. The zero-order chi connectivity index (χ0) is 10.7. The average molecular weight is 199 g/mol. The van der Waals surface area contributed by atoms with Gasteiger partial charge in [-0.05, 0) is 6.07 Å². The van der Waals surface area contributed by atoms with Crippen LogP contribution in [0.15, 0.2) is 12.1 Å². The highest BCUT2D eigenvalue weighted by molar-refractivity contribution is 5.70. The molecule has 14 heavy (non-hydrogen) atoms. The lowest BCUT2D eigenvalue weighted by Crippen LogP contribution is -2.03. The first-order chi connectivity index (χ1) is 6.54. The molecule has 0 aromatic heterocycles. The summed E-state index contributed by atoms with van der Waals surface area (Å²) in [6.45, 7) is 0. The van der Waals surface area contributed by atoms with E-state index in [0.29, 0.717) is 0 Å². The third-order valence-corrected chi connectivity index (χ3v) is 1.69. The Balaban J connectivity index is 3.10. The van der Waals surface area contributed by atoms with E-state index in [4.69, 9.17) is 14.9 Å². The smallest absolute Gasteiger partial charge is 0.307 e. The van der Waals surface area contributed by atoms with Gasteiger partial charge in [0.15, 0.2) is 11.5 Å². The van der Waals surface area contributed by atoms with E-state index in [1.807, 2.05) is 0 Å². The molecule has 0 atom stereocenters. The Kier molecular flexibility index (Phi) is 2.91. The third-order valence-electron chi connectivity index (χ3n) is 1.69. The van der Waals surface area contributed by atoms with Crippen LogP contribution < -0.4 is 4.74 Å². The summed E-state index contributed by atoms with van der Waals surface area (Å²) in [7, 11) is 1.30. The number of phenols is 1. The molecule has 1 aromatic rings. The average Bonchev–Trinajstić information content (AvgIpc) is 2.09. The molecule has 76 valence electrons. The van der Waals surface area contributed by atoms with Gasteiger partial charge in [-0.15, -0.1) is 0 Å². The summed E-state index contributed by atoms with van der Waals surface area (Å²) in [5.74, 6) is -2.19. The topological polar surface area (TPSA) is 66.8 Å². The standard InChI is InChI=1S/C9H9FO4/c1-14-8-2-5(3-9(12)13)6(10)4-7(8)11/h2,4,11H,3H2,1H3,(H,12,13)/i10-1. The van der Waals surface area contributed by atoms with Gasteiger partial charge in [-0.25, -0.2) is 4.39 Å². The third kappa shape index (κ3) is 2.12. The summed E-state index contributed by atoms with van der Waals surface area (Å²) in [4.78, 5) is 10.3. The molecule has 0 bridgehead atoms.